The van der Waals surface area contributed by atoms with Gasteiger partial charge >= 0.3 is 0 Å². The Bertz CT molecular complexity index is 1220. The molecule has 7 nitrogen and oxygen atoms in total. The highest BCUT2D eigenvalue weighted by Gasteiger charge is 2.25. The third kappa shape index (κ3) is 6.72. The Hall–Kier alpha value is -3.13. The van der Waals surface area contributed by atoms with Crippen LogP contribution in [0.25, 0.3) is 0 Å². The van der Waals surface area contributed by atoms with Crippen LogP contribution in [0.15, 0.2) is 60.7 Å². The number of halogens is 3. The van der Waals surface area contributed by atoms with E-state index in [4.69, 9.17) is 49.0 Å². The lowest BCUT2D eigenvalue weighted by Crippen LogP contribution is -2.39. The molecule has 2 amide bonds. The predicted octanol–water partition coefficient (Wildman–Crippen LogP) is 5.86. The maximum absolute atomic E-state index is 12.5. The van der Waals surface area contributed by atoms with E-state index in [0.29, 0.717) is 63.3 Å². The number of carbonyl (C=O) groups excluding carboxylic acids is 2. The molecule has 3 aromatic carbocycles. The first-order valence-corrected chi connectivity index (χ1v) is 11.9. The zero-order valence-electron chi connectivity index (χ0n) is 18.4. The number of hydrogen-bond acceptors (Lipinski definition) is 5. The van der Waals surface area contributed by atoms with E-state index < -0.39 is 0 Å². The van der Waals surface area contributed by atoms with Gasteiger partial charge in [-0.3, -0.25) is 9.59 Å². The number of anilines is 2. The number of rotatable bonds is 9. The second kappa shape index (κ2) is 11.5. The number of amides is 2. The highest BCUT2D eigenvalue weighted by molar-refractivity contribution is 6.35. The van der Waals surface area contributed by atoms with E-state index in [-0.39, 0.29) is 25.0 Å². The summed E-state index contributed by atoms with van der Waals surface area (Å²) >= 11 is 17.8. The summed E-state index contributed by atoms with van der Waals surface area (Å²) in [5.41, 5.74) is 1.08. The van der Waals surface area contributed by atoms with Crippen LogP contribution in [0.2, 0.25) is 15.1 Å². The largest absolute Gasteiger partial charge is 0.494 e. The minimum Gasteiger partial charge on any atom is -0.494 e. The van der Waals surface area contributed by atoms with Gasteiger partial charge in [0.15, 0.2) is 13.2 Å². The van der Waals surface area contributed by atoms with Gasteiger partial charge in [0.25, 0.3) is 11.8 Å². The molecule has 0 spiro atoms. The van der Waals surface area contributed by atoms with Gasteiger partial charge in [-0.2, -0.15) is 0 Å². The summed E-state index contributed by atoms with van der Waals surface area (Å²) in [6.07, 6.45) is 0.597. The summed E-state index contributed by atoms with van der Waals surface area (Å²) in [6.45, 7) is 0.549. The number of nitrogens with zero attached hydrogens (tertiary/aromatic N) is 1. The normalized spacial score (nSPS) is 12.5. The van der Waals surface area contributed by atoms with Crippen molar-refractivity contribution >= 4 is 58.0 Å². The molecule has 3 aromatic rings. The van der Waals surface area contributed by atoms with E-state index in [1.165, 1.54) is 6.07 Å². The molecule has 1 aliphatic rings. The van der Waals surface area contributed by atoms with Crippen molar-refractivity contribution in [1.29, 1.82) is 0 Å². The van der Waals surface area contributed by atoms with E-state index in [1.807, 2.05) is 0 Å². The smallest absolute Gasteiger partial charge is 0.265 e. The molecule has 0 fully saturated rings. The molecule has 1 N–H and O–H groups in total. The molecule has 10 heteroatoms. The Morgan fingerprint density at radius 3 is 2.51 bits per heavy atom. The Balaban J connectivity index is 1.34. The molecule has 0 saturated carbocycles. The lowest BCUT2D eigenvalue weighted by molar-refractivity contribution is -0.121. The lowest BCUT2D eigenvalue weighted by atomic mass is 10.2. The molecule has 1 aliphatic heterocycles. The highest BCUT2D eigenvalue weighted by atomic mass is 35.5. The number of ether oxygens (including phenoxy) is 3. The van der Waals surface area contributed by atoms with Gasteiger partial charge in [0.1, 0.15) is 17.2 Å². The zero-order chi connectivity index (χ0) is 24.8. The Morgan fingerprint density at radius 2 is 1.74 bits per heavy atom. The number of benzene rings is 3. The van der Waals surface area contributed by atoms with E-state index in [2.05, 4.69) is 5.32 Å². The van der Waals surface area contributed by atoms with Crippen LogP contribution in [0.3, 0.4) is 0 Å². The molecule has 0 atom stereocenters. The Morgan fingerprint density at radius 1 is 0.971 bits per heavy atom. The second-order valence-corrected chi connectivity index (χ2v) is 8.86. The van der Waals surface area contributed by atoms with Gasteiger partial charge in [-0.1, -0.05) is 34.8 Å². The fraction of sp³-hybridized carbons (Fsp3) is 0.200. The molecule has 35 heavy (non-hydrogen) atoms. The van der Waals surface area contributed by atoms with E-state index >= 15 is 0 Å². The van der Waals surface area contributed by atoms with Crippen LogP contribution in [0.4, 0.5) is 11.4 Å². The predicted molar refractivity (Wildman–Crippen MR) is 136 cm³/mol. The topological polar surface area (TPSA) is 77.1 Å². The zero-order valence-corrected chi connectivity index (χ0v) is 20.7. The molecule has 1 heterocycles. The molecular weight excluding hydrogens is 515 g/mol. The van der Waals surface area contributed by atoms with Gasteiger partial charge < -0.3 is 24.4 Å². The van der Waals surface area contributed by atoms with Crippen molar-refractivity contribution in [3.8, 4) is 17.2 Å². The number of nitrogens with one attached hydrogen (secondary N) is 1. The van der Waals surface area contributed by atoms with Gasteiger partial charge in [0.05, 0.1) is 17.3 Å². The van der Waals surface area contributed by atoms with Crippen LogP contribution in [0.5, 0.6) is 17.2 Å². The Labute approximate surface area is 217 Å². The number of hydrogen-bond donors (Lipinski definition) is 1. The van der Waals surface area contributed by atoms with E-state index in [1.54, 1.807) is 59.5 Å². The van der Waals surface area contributed by atoms with Crippen LogP contribution in [-0.2, 0) is 9.59 Å². The lowest BCUT2D eigenvalue weighted by Gasteiger charge is -2.30. The third-order valence-corrected chi connectivity index (χ3v) is 5.83. The average Bonchev–Trinajstić information content (AvgIpc) is 2.83. The molecule has 0 unspecified atom stereocenters. The molecular formula is C25H21Cl3N2O5. The SMILES string of the molecule is O=C(COc1ccc(Cl)cc1Cl)Nc1ccc2c(c1)N(CCCOc1ccc(Cl)cc1)C(=O)CO2. The molecule has 0 aliphatic carbocycles. The first-order valence-electron chi connectivity index (χ1n) is 10.7. The van der Waals surface area contributed by atoms with E-state index in [9.17, 15) is 9.59 Å². The van der Waals surface area contributed by atoms with Gasteiger partial charge in [0.2, 0.25) is 0 Å². The highest BCUT2D eigenvalue weighted by Crippen LogP contribution is 2.35. The van der Waals surface area contributed by atoms with Crippen molar-refractivity contribution in [2.45, 2.75) is 6.42 Å². The van der Waals surface area contributed by atoms with Crippen molar-refractivity contribution < 1.29 is 23.8 Å². The van der Waals surface area contributed by atoms with Crippen molar-refractivity contribution in [3.05, 3.63) is 75.7 Å². The summed E-state index contributed by atoms with van der Waals surface area (Å²) in [6, 6.07) is 16.9. The molecule has 0 radical (unpaired) electrons. The molecule has 4 rings (SSSR count). The number of carbonyl (C=O) groups is 2. The van der Waals surface area contributed by atoms with Crippen LogP contribution in [0, 0.1) is 0 Å². The standard InChI is InChI=1S/C25H21Cl3N2O5/c26-16-2-6-19(7-3-16)33-11-1-10-30-21-13-18(5-9-23(21)35-15-25(30)32)29-24(31)14-34-22-8-4-17(27)12-20(22)28/h2-9,12-13H,1,10-11,14-15H2,(H,29,31). The summed E-state index contributed by atoms with van der Waals surface area (Å²) in [4.78, 5) is 26.6. The van der Waals surface area contributed by atoms with Crippen molar-refractivity contribution in [2.75, 3.05) is 36.6 Å². The molecule has 182 valence electrons. The quantitative estimate of drug-likeness (QED) is 0.347. The average molecular weight is 536 g/mol. The van der Waals surface area contributed by atoms with Crippen molar-refractivity contribution in [2.24, 2.45) is 0 Å². The van der Waals surface area contributed by atoms with Crippen molar-refractivity contribution in [3.63, 3.8) is 0 Å². The summed E-state index contributed by atoms with van der Waals surface area (Å²) in [5, 5.41) is 4.18. The fourth-order valence-electron chi connectivity index (χ4n) is 3.40. The maximum Gasteiger partial charge on any atom is 0.265 e. The fourth-order valence-corrected chi connectivity index (χ4v) is 3.99. The Kier molecular flexibility index (Phi) is 8.23. The van der Waals surface area contributed by atoms with Crippen molar-refractivity contribution in [1.82, 2.24) is 0 Å². The third-order valence-electron chi connectivity index (χ3n) is 5.05. The van der Waals surface area contributed by atoms with E-state index in [0.717, 1.165) is 0 Å². The van der Waals surface area contributed by atoms with Gasteiger partial charge in [-0.25, -0.2) is 0 Å². The van der Waals surface area contributed by atoms with Gasteiger partial charge in [0, 0.05) is 22.3 Å². The summed E-state index contributed by atoms with van der Waals surface area (Å²) < 4.78 is 16.7. The minimum atomic E-state index is -0.387. The first kappa shape index (κ1) is 25.0. The summed E-state index contributed by atoms with van der Waals surface area (Å²) in [7, 11) is 0. The van der Waals surface area contributed by atoms with Crippen LogP contribution < -0.4 is 24.4 Å². The monoisotopic (exact) mass is 534 g/mol. The van der Waals surface area contributed by atoms with Crippen LogP contribution in [-0.4, -0.2) is 38.2 Å². The number of fused-ring (bicyclic) bond motifs is 1. The van der Waals surface area contributed by atoms with Crippen LogP contribution >= 0.6 is 34.8 Å². The molecule has 0 bridgehead atoms. The minimum absolute atomic E-state index is 0.0492. The summed E-state index contributed by atoms with van der Waals surface area (Å²) in [5.74, 6) is 1.05. The van der Waals surface area contributed by atoms with Gasteiger partial charge in [-0.05, 0) is 67.1 Å². The first-order chi connectivity index (χ1) is 16.9. The molecule has 0 saturated heterocycles. The molecule has 0 aromatic heterocycles. The maximum atomic E-state index is 12.5. The van der Waals surface area contributed by atoms with Crippen LogP contribution in [0.1, 0.15) is 6.42 Å². The second-order valence-electron chi connectivity index (χ2n) is 7.58. The van der Waals surface area contributed by atoms with Gasteiger partial charge in [-0.15, -0.1) is 0 Å².